The fourth-order valence-corrected chi connectivity index (χ4v) is 4.68. The van der Waals surface area contributed by atoms with Gasteiger partial charge in [-0.2, -0.15) is 0 Å². The standard InChI is InChI=1S/C26H23NO2S2/c1-3-21-8-4-5-10-23(21)27-25(28)24(31-26(27)30)16-20-7-6-9-22(15-20)29-17-19-13-11-18(2)12-14-19/h4-16H,3,17H2,1-2H3/b24-16-. The highest BCUT2D eigenvalue weighted by molar-refractivity contribution is 8.27. The second-order valence-corrected chi connectivity index (χ2v) is 9.02. The van der Waals surface area contributed by atoms with Crippen LogP contribution in [0.25, 0.3) is 6.08 Å². The van der Waals surface area contributed by atoms with E-state index in [0.717, 1.165) is 34.5 Å². The molecule has 0 radical (unpaired) electrons. The predicted octanol–water partition coefficient (Wildman–Crippen LogP) is 6.54. The molecule has 0 aromatic heterocycles. The Hall–Kier alpha value is -2.89. The molecule has 1 fully saturated rings. The molecule has 3 nitrogen and oxygen atoms in total. The number of amides is 1. The number of nitrogens with zero attached hydrogens (tertiary/aromatic N) is 1. The molecule has 3 aromatic carbocycles. The molecule has 156 valence electrons. The van der Waals surface area contributed by atoms with Crippen molar-refractivity contribution < 1.29 is 9.53 Å². The molecule has 0 atom stereocenters. The monoisotopic (exact) mass is 445 g/mol. The minimum Gasteiger partial charge on any atom is -0.489 e. The zero-order valence-corrected chi connectivity index (χ0v) is 19.1. The second-order valence-electron chi connectivity index (χ2n) is 7.35. The molecular weight excluding hydrogens is 422 g/mol. The smallest absolute Gasteiger partial charge is 0.270 e. The number of thiocarbonyl (C=S) groups is 1. The molecule has 0 aliphatic carbocycles. The Morgan fingerprint density at radius 2 is 1.81 bits per heavy atom. The summed E-state index contributed by atoms with van der Waals surface area (Å²) in [6, 6.07) is 24.0. The van der Waals surface area contributed by atoms with E-state index in [0.29, 0.717) is 15.8 Å². The molecule has 0 spiro atoms. The Balaban J connectivity index is 1.52. The Labute approximate surface area is 192 Å². The first-order valence-electron chi connectivity index (χ1n) is 10.2. The molecule has 5 heteroatoms. The van der Waals surface area contributed by atoms with Crippen molar-refractivity contribution in [2.75, 3.05) is 4.90 Å². The van der Waals surface area contributed by atoms with E-state index < -0.39 is 0 Å². The van der Waals surface area contributed by atoms with Gasteiger partial charge >= 0.3 is 0 Å². The minimum atomic E-state index is -0.0816. The van der Waals surface area contributed by atoms with Gasteiger partial charge in [-0.25, -0.2) is 0 Å². The highest BCUT2D eigenvalue weighted by Gasteiger charge is 2.34. The van der Waals surface area contributed by atoms with Crippen LogP contribution in [0.15, 0.2) is 77.7 Å². The summed E-state index contributed by atoms with van der Waals surface area (Å²) in [5.74, 6) is 0.683. The third-order valence-corrected chi connectivity index (χ3v) is 6.39. The maximum atomic E-state index is 13.1. The number of benzene rings is 3. The van der Waals surface area contributed by atoms with E-state index in [9.17, 15) is 4.79 Å². The molecule has 0 bridgehead atoms. The number of thioether (sulfide) groups is 1. The van der Waals surface area contributed by atoms with Crippen LogP contribution < -0.4 is 9.64 Å². The van der Waals surface area contributed by atoms with Gasteiger partial charge in [0.1, 0.15) is 12.4 Å². The second kappa shape index (κ2) is 9.50. The van der Waals surface area contributed by atoms with Gasteiger partial charge in [-0.3, -0.25) is 9.69 Å². The van der Waals surface area contributed by atoms with Crippen molar-refractivity contribution in [2.45, 2.75) is 26.9 Å². The van der Waals surface area contributed by atoms with Crippen LogP contribution in [0.5, 0.6) is 5.75 Å². The van der Waals surface area contributed by atoms with Crippen molar-refractivity contribution >= 4 is 46.0 Å². The number of ether oxygens (including phenoxy) is 1. The van der Waals surface area contributed by atoms with Gasteiger partial charge in [0, 0.05) is 0 Å². The third-order valence-electron chi connectivity index (χ3n) is 5.09. The van der Waals surface area contributed by atoms with Crippen molar-refractivity contribution in [3.05, 3.63) is 100.0 Å². The van der Waals surface area contributed by atoms with E-state index in [4.69, 9.17) is 17.0 Å². The number of anilines is 1. The zero-order chi connectivity index (χ0) is 21.8. The summed E-state index contributed by atoms with van der Waals surface area (Å²) in [7, 11) is 0. The Bertz CT molecular complexity index is 1150. The van der Waals surface area contributed by atoms with Crippen LogP contribution in [0.1, 0.15) is 29.2 Å². The maximum Gasteiger partial charge on any atom is 0.270 e. The van der Waals surface area contributed by atoms with Crippen molar-refractivity contribution in [1.29, 1.82) is 0 Å². The maximum absolute atomic E-state index is 13.1. The molecule has 4 rings (SSSR count). The molecule has 3 aromatic rings. The number of aryl methyl sites for hydroxylation is 2. The molecular formula is C26H23NO2S2. The summed E-state index contributed by atoms with van der Waals surface area (Å²) in [6.45, 7) is 4.64. The summed E-state index contributed by atoms with van der Waals surface area (Å²) < 4.78 is 6.51. The Kier molecular flexibility index (Phi) is 6.54. The van der Waals surface area contributed by atoms with Crippen molar-refractivity contribution in [2.24, 2.45) is 0 Å². The lowest BCUT2D eigenvalue weighted by Gasteiger charge is -2.18. The number of carbonyl (C=O) groups is 1. The molecule has 0 unspecified atom stereocenters. The normalized spacial score (nSPS) is 15.0. The van der Waals surface area contributed by atoms with Gasteiger partial charge in [-0.15, -0.1) is 0 Å². The van der Waals surface area contributed by atoms with Crippen molar-refractivity contribution in [3.63, 3.8) is 0 Å². The molecule has 1 saturated heterocycles. The lowest BCUT2D eigenvalue weighted by Crippen LogP contribution is -2.28. The van der Waals surface area contributed by atoms with Gasteiger partial charge in [0.2, 0.25) is 0 Å². The number of hydrogen-bond donors (Lipinski definition) is 0. The van der Waals surface area contributed by atoms with Crippen LogP contribution in [0.3, 0.4) is 0 Å². The van der Waals surface area contributed by atoms with E-state index in [1.54, 1.807) is 4.90 Å². The summed E-state index contributed by atoms with van der Waals surface area (Å²) in [6.07, 6.45) is 2.72. The van der Waals surface area contributed by atoms with Gasteiger partial charge in [0.05, 0.1) is 10.6 Å². The number of hydrogen-bond acceptors (Lipinski definition) is 4. The van der Waals surface area contributed by atoms with Gasteiger partial charge < -0.3 is 4.74 Å². The van der Waals surface area contributed by atoms with E-state index in [1.807, 2.05) is 54.6 Å². The van der Waals surface area contributed by atoms with Crippen LogP contribution in [0.4, 0.5) is 5.69 Å². The first-order valence-corrected chi connectivity index (χ1v) is 11.4. The molecule has 1 aliphatic heterocycles. The predicted molar refractivity (Wildman–Crippen MR) is 133 cm³/mol. The van der Waals surface area contributed by atoms with Crippen LogP contribution >= 0.6 is 24.0 Å². The van der Waals surface area contributed by atoms with E-state index in [2.05, 4.69) is 38.1 Å². The molecule has 1 aliphatic rings. The van der Waals surface area contributed by atoms with Crippen LogP contribution in [-0.4, -0.2) is 10.2 Å². The molecule has 31 heavy (non-hydrogen) atoms. The molecule has 1 amide bonds. The first-order chi connectivity index (χ1) is 15.0. The zero-order valence-electron chi connectivity index (χ0n) is 17.5. The largest absolute Gasteiger partial charge is 0.489 e. The lowest BCUT2D eigenvalue weighted by atomic mass is 10.1. The fraction of sp³-hybridized carbons (Fsp3) is 0.154. The Morgan fingerprint density at radius 3 is 2.58 bits per heavy atom. The van der Waals surface area contributed by atoms with Gasteiger partial charge in [-0.05, 0) is 54.3 Å². The summed E-state index contributed by atoms with van der Waals surface area (Å²) in [4.78, 5) is 15.4. The van der Waals surface area contributed by atoms with E-state index in [1.165, 1.54) is 17.3 Å². The molecule has 1 heterocycles. The lowest BCUT2D eigenvalue weighted by molar-refractivity contribution is -0.113. The van der Waals surface area contributed by atoms with Crippen molar-refractivity contribution in [1.82, 2.24) is 0 Å². The average molecular weight is 446 g/mol. The quantitative estimate of drug-likeness (QED) is 0.318. The SMILES string of the molecule is CCc1ccccc1N1C(=O)/C(=C/c2cccc(OCc3ccc(C)cc3)c2)SC1=S. The third kappa shape index (κ3) is 4.89. The van der Waals surface area contributed by atoms with Crippen LogP contribution in [-0.2, 0) is 17.8 Å². The summed E-state index contributed by atoms with van der Waals surface area (Å²) in [5, 5.41) is 0. The number of carbonyl (C=O) groups excluding carboxylic acids is 1. The van der Waals surface area contributed by atoms with Crippen molar-refractivity contribution in [3.8, 4) is 5.75 Å². The highest BCUT2D eigenvalue weighted by atomic mass is 32.2. The van der Waals surface area contributed by atoms with Gasteiger partial charge in [0.15, 0.2) is 4.32 Å². The Morgan fingerprint density at radius 1 is 1.03 bits per heavy atom. The van der Waals surface area contributed by atoms with Crippen LogP contribution in [0, 0.1) is 6.92 Å². The molecule has 0 saturated carbocycles. The average Bonchev–Trinajstić information content (AvgIpc) is 3.06. The fourth-order valence-electron chi connectivity index (χ4n) is 3.40. The number of para-hydroxylation sites is 1. The topological polar surface area (TPSA) is 29.5 Å². The first kappa shape index (κ1) is 21.3. The van der Waals surface area contributed by atoms with Gasteiger partial charge in [0.25, 0.3) is 5.91 Å². The van der Waals surface area contributed by atoms with Crippen LogP contribution in [0.2, 0.25) is 0 Å². The highest BCUT2D eigenvalue weighted by Crippen LogP contribution is 2.37. The number of rotatable bonds is 6. The molecule has 0 N–H and O–H groups in total. The van der Waals surface area contributed by atoms with E-state index >= 15 is 0 Å². The van der Waals surface area contributed by atoms with E-state index in [-0.39, 0.29) is 5.91 Å². The summed E-state index contributed by atoms with van der Waals surface area (Å²) in [5.41, 5.74) is 5.22. The minimum absolute atomic E-state index is 0.0816. The summed E-state index contributed by atoms with van der Waals surface area (Å²) >= 11 is 6.87. The van der Waals surface area contributed by atoms with Gasteiger partial charge in [-0.1, -0.05) is 91.1 Å².